The molecule has 1 heterocycles. The fourth-order valence-electron chi connectivity index (χ4n) is 3.90. The molecule has 1 saturated heterocycles. The van der Waals surface area contributed by atoms with Crippen LogP contribution in [-0.4, -0.2) is 49.9 Å². The van der Waals surface area contributed by atoms with Crippen molar-refractivity contribution in [2.45, 2.75) is 116 Å². The standard InChI is InChI=1S/C24H48N2O3/c1-2-3-4-5-6-7-8-9-10-11-12-13-14-17-20-28-22-23-21-26(24(27)29-23)19-16-15-18-25/h23H,2-22,25H2,1H3. The Morgan fingerprint density at radius 3 is 1.97 bits per heavy atom. The van der Waals surface area contributed by atoms with Gasteiger partial charge in [-0.1, -0.05) is 90.4 Å². The van der Waals surface area contributed by atoms with E-state index in [1.807, 2.05) is 0 Å². The van der Waals surface area contributed by atoms with Crippen LogP contribution in [0.3, 0.4) is 0 Å². The summed E-state index contributed by atoms with van der Waals surface area (Å²) in [5.41, 5.74) is 5.49. The van der Waals surface area contributed by atoms with E-state index in [1.165, 1.54) is 83.5 Å². The van der Waals surface area contributed by atoms with Gasteiger partial charge < -0.3 is 20.1 Å². The van der Waals surface area contributed by atoms with E-state index in [1.54, 1.807) is 4.90 Å². The molecule has 1 aliphatic heterocycles. The molecule has 5 nitrogen and oxygen atoms in total. The monoisotopic (exact) mass is 412 g/mol. The summed E-state index contributed by atoms with van der Waals surface area (Å²) < 4.78 is 11.1. The maximum absolute atomic E-state index is 11.8. The summed E-state index contributed by atoms with van der Waals surface area (Å²) in [5, 5.41) is 0. The molecule has 1 aliphatic rings. The minimum absolute atomic E-state index is 0.105. The summed E-state index contributed by atoms with van der Waals surface area (Å²) >= 11 is 0. The number of carbonyl (C=O) groups excluding carboxylic acids is 1. The second-order valence-corrected chi connectivity index (χ2v) is 8.62. The van der Waals surface area contributed by atoms with Crippen LogP contribution in [0.1, 0.15) is 110 Å². The van der Waals surface area contributed by atoms with E-state index in [4.69, 9.17) is 15.2 Å². The Morgan fingerprint density at radius 2 is 1.41 bits per heavy atom. The van der Waals surface area contributed by atoms with Gasteiger partial charge in [0, 0.05) is 13.2 Å². The number of rotatable bonds is 21. The van der Waals surface area contributed by atoms with Gasteiger partial charge in [0.1, 0.15) is 6.10 Å². The van der Waals surface area contributed by atoms with Crippen LogP contribution in [0.4, 0.5) is 4.79 Å². The van der Waals surface area contributed by atoms with Gasteiger partial charge in [-0.2, -0.15) is 0 Å². The molecule has 1 rings (SSSR count). The summed E-state index contributed by atoms with van der Waals surface area (Å²) in [6, 6.07) is 0. The van der Waals surface area contributed by atoms with Crippen molar-refractivity contribution < 1.29 is 14.3 Å². The highest BCUT2D eigenvalue weighted by Gasteiger charge is 2.30. The molecule has 1 atom stereocenters. The molecule has 0 aromatic rings. The first-order chi connectivity index (χ1) is 14.3. The molecule has 29 heavy (non-hydrogen) atoms. The van der Waals surface area contributed by atoms with Gasteiger partial charge in [-0.15, -0.1) is 0 Å². The zero-order chi connectivity index (χ0) is 21.0. The number of cyclic esters (lactones) is 1. The molecule has 0 aromatic heterocycles. The van der Waals surface area contributed by atoms with Crippen LogP contribution < -0.4 is 5.73 Å². The van der Waals surface area contributed by atoms with Crippen LogP contribution in [0.15, 0.2) is 0 Å². The van der Waals surface area contributed by atoms with Crippen LogP contribution in [-0.2, 0) is 9.47 Å². The molecule has 2 N–H and O–H groups in total. The maximum atomic E-state index is 11.8. The number of unbranched alkanes of at least 4 members (excludes halogenated alkanes) is 14. The van der Waals surface area contributed by atoms with Crippen molar-refractivity contribution in [1.82, 2.24) is 4.90 Å². The Morgan fingerprint density at radius 1 is 0.862 bits per heavy atom. The number of nitrogens with zero attached hydrogens (tertiary/aromatic N) is 1. The minimum Gasteiger partial charge on any atom is -0.442 e. The number of nitrogens with two attached hydrogens (primary N) is 1. The lowest BCUT2D eigenvalue weighted by molar-refractivity contribution is 0.0443. The van der Waals surface area contributed by atoms with Gasteiger partial charge in [0.15, 0.2) is 0 Å². The quantitative estimate of drug-likeness (QED) is 0.233. The average molecular weight is 413 g/mol. The first kappa shape index (κ1) is 26.2. The van der Waals surface area contributed by atoms with Crippen LogP contribution in [0.5, 0.6) is 0 Å². The van der Waals surface area contributed by atoms with Gasteiger partial charge in [0.25, 0.3) is 0 Å². The Kier molecular flexibility index (Phi) is 17.3. The number of hydrogen-bond acceptors (Lipinski definition) is 4. The smallest absolute Gasteiger partial charge is 0.410 e. The third kappa shape index (κ3) is 14.8. The number of ether oxygens (including phenoxy) is 2. The van der Waals surface area contributed by atoms with Crippen molar-refractivity contribution >= 4 is 6.09 Å². The second kappa shape index (κ2) is 19.2. The Labute approximate surface area is 180 Å². The molecule has 172 valence electrons. The predicted molar refractivity (Wildman–Crippen MR) is 121 cm³/mol. The molecular weight excluding hydrogens is 364 g/mol. The summed E-state index contributed by atoms with van der Waals surface area (Å²) in [6.07, 6.45) is 20.7. The Balaban J connectivity index is 1.79. The first-order valence-electron chi connectivity index (χ1n) is 12.5. The second-order valence-electron chi connectivity index (χ2n) is 8.62. The topological polar surface area (TPSA) is 64.8 Å². The van der Waals surface area contributed by atoms with Crippen molar-refractivity contribution in [3.8, 4) is 0 Å². The number of hydrogen-bond donors (Lipinski definition) is 1. The zero-order valence-corrected chi connectivity index (χ0v) is 19.2. The summed E-state index contributed by atoms with van der Waals surface area (Å²) in [5.74, 6) is 0. The molecule has 0 aliphatic carbocycles. The first-order valence-corrected chi connectivity index (χ1v) is 12.5. The van der Waals surface area contributed by atoms with E-state index in [9.17, 15) is 4.79 Å². The van der Waals surface area contributed by atoms with Gasteiger partial charge in [-0.3, -0.25) is 0 Å². The maximum Gasteiger partial charge on any atom is 0.410 e. The summed E-state index contributed by atoms with van der Waals surface area (Å²) in [7, 11) is 0. The molecule has 5 heteroatoms. The van der Waals surface area contributed by atoms with Gasteiger partial charge in [0.05, 0.1) is 13.2 Å². The lowest BCUT2D eigenvalue weighted by atomic mass is 10.0. The van der Waals surface area contributed by atoms with Gasteiger partial charge in [-0.05, 0) is 25.8 Å². The van der Waals surface area contributed by atoms with Crippen LogP contribution in [0.2, 0.25) is 0 Å². The van der Waals surface area contributed by atoms with Crippen LogP contribution >= 0.6 is 0 Å². The molecule has 0 aromatic carbocycles. The van der Waals surface area contributed by atoms with Crippen molar-refractivity contribution in [3.05, 3.63) is 0 Å². The molecule has 0 bridgehead atoms. The molecule has 0 radical (unpaired) electrons. The van der Waals surface area contributed by atoms with Crippen LogP contribution in [0, 0.1) is 0 Å². The van der Waals surface area contributed by atoms with E-state index < -0.39 is 0 Å². The summed E-state index contributed by atoms with van der Waals surface area (Å²) in [6.45, 7) is 5.65. The Bertz CT molecular complexity index is 379. The van der Waals surface area contributed by atoms with Gasteiger partial charge in [-0.25, -0.2) is 4.79 Å². The van der Waals surface area contributed by atoms with E-state index in [0.717, 1.165) is 32.4 Å². The van der Waals surface area contributed by atoms with Gasteiger partial charge >= 0.3 is 6.09 Å². The molecule has 1 amide bonds. The number of carbonyl (C=O) groups is 1. The average Bonchev–Trinajstić information content (AvgIpc) is 3.07. The van der Waals surface area contributed by atoms with E-state index >= 15 is 0 Å². The fraction of sp³-hybridized carbons (Fsp3) is 0.958. The van der Waals surface area contributed by atoms with Crippen molar-refractivity contribution in [1.29, 1.82) is 0 Å². The normalized spacial score (nSPS) is 16.6. The Hall–Kier alpha value is -0.810. The summed E-state index contributed by atoms with van der Waals surface area (Å²) in [4.78, 5) is 13.5. The highest BCUT2D eigenvalue weighted by atomic mass is 16.6. The van der Waals surface area contributed by atoms with E-state index in [-0.39, 0.29) is 12.2 Å². The van der Waals surface area contributed by atoms with Gasteiger partial charge in [0.2, 0.25) is 0 Å². The third-order valence-electron chi connectivity index (χ3n) is 5.78. The highest BCUT2D eigenvalue weighted by molar-refractivity contribution is 5.69. The SMILES string of the molecule is CCCCCCCCCCCCCCCCOCC1CN(CCCCN)C(=O)O1. The largest absolute Gasteiger partial charge is 0.442 e. The zero-order valence-electron chi connectivity index (χ0n) is 19.2. The lowest BCUT2D eigenvalue weighted by Gasteiger charge is -2.12. The molecule has 1 fully saturated rings. The van der Waals surface area contributed by atoms with Crippen molar-refractivity contribution in [2.75, 3.05) is 32.8 Å². The number of amides is 1. The van der Waals surface area contributed by atoms with Crippen molar-refractivity contribution in [2.24, 2.45) is 5.73 Å². The highest BCUT2D eigenvalue weighted by Crippen LogP contribution is 2.14. The third-order valence-corrected chi connectivity index (χ3v) is 5.78. The molecule has 1 unspecified atom stereocenters. The molecule has 0 saturated carbocycles. The predicted octanol–water partition coefficient (Wildman–Crippen LogP) is 6.04. The van der Waals surface area contributed by atoms with E-state index in [0.29, 0.717) is 19.7 Å². The van der Waals surface area contributed by atoms with Crippen LogP contribution in [0.25, 0.3) is 0 Å². The van der Waals surface area contributed by atoms with Crippen molar-refractivity contribution in [3.63, 3.8) is 0 Å². The molecule has 0 spiro atoms. The lowest BCUT2D eigenvalue weighted by Crippen LogP contribution is -2.27. The fourth-order valence-corrected chi connectivity index (χ4v) is 3.90. The minimum atomic E-state index is -0.202. The van der Waals surface area contributed by atoms with E-state index in [2.05, 4.69) is 6.92 Å². The molecular formula is C24H48N2O3.